The van der Waals surface area contributed by atoms with Crippen LogP contribution in [0.4, 0.5) is 30.7 Å². The second kappa shape index (κ2) is 9.58. The summed E-state index contributed by atoms with van der Waals surface area (Å²) in [5.74, 6) is -1.21. The average Bonchev–Trinajstić information content (AvgIpc) is 3.21. The number of hydrogen-bond acceptors (Lipinski definition) is 3. The Kier molecular flexibility index (Phi) is 7.09. The van der Waals surface area contributed by atoms with E-state index in [1.54, 1.807) is 17.0 Å². The molecule has 2 saturated heterocycles. The number of nitrogens with one attached hydrogen (secondary N) is 1. The molecule has 0 aromatic heterocycles. The lowest BCUT2D eigenvalue weighted by atomic mass is 9.71. The second-order valence-corrected chi connectivity index (χ2v) is 10.0. The summed E-state index contributed by atoms with van der Waals surface area (Å²) in [4.78, 5) is 15.0. The van der Waals surface area contributed by atoms with Crippen LogP contribution < -0.4 is 5.32 Å². The van der Waals surface area contributed by atoms with Gasteiger partial charge in [-0.2, -0.15) is 26.3 Å². The molecule has 11 heteroatoms. The normalized spacial score (nSPS) is 23.9. The zero-order valence-electron chi connectivity index (χ0n) is 20.0. The topological polar surface area (TPSA) is 52.6 Å². The van der Waals surface area contributed by atoms with Crippen LogP contribution in [0.3, 0.4) is 0 Å². The molecule has 4 rings (SSSR count). The number of aliphatic hydroxyl groups is 1. The Balaban J connectivity index is 1.71. The van der Waals surface area contributed by atoms with Gasteiger partial charge in [-0.05, 0) is 49.2 Å². The van der Waals surface area contributed by atoms with Crippen molar-refractivity contribution in [2.75, 3.05) is 26.2 Å². The lowest BCUT2D eigenvalue weighted by molar-refractivity contribution is -0.376. The number of halogens is 7. The highest BCUT2D eigenvalue weighted by molar-refractivity contribution is 5.80. The van der Waals surface area contributed by atoms with Gasteiger partial charge >= 0.3 is 12.4 Å². The highest BCUT2D eigenvalue weighted by atomic mass is 19.4. The maximum atomic E-state index is 13.6. The fraction of sp³-hybridized carbons (Fsp3) is 0.500. The number of carbonyl (C=O) groups excluding carboxylic acids is 1. The number of alkyl halides is 6. The van der Waals surface area contributed by atoms with E-state index in [2.05, 4.69) is 5.32 Å². The molecule has 0 saturated carbocycles. The van der Waals surface area contributed by atoms with Crippen molar-refractivity contribution in [3.63, 3.8) is 0 Å². The van der Waals surface area contributed by atoms with E-state index in [0.717, 1.165) is 12.1 Å². The van der Waals surface area contributed by atoms with Gasteiger partial charge in [-0.25, -0.2) is 4.39 Å². The second-order valence-electron chi connectivity index (χ2n) is 10.0. The molecule has 2 fully saturated rings. The van der Waals surface area contributed by atoms with Crippen LogP contribution in [0.1, 0.15) is 42.4 Å². The average molecular weight is 533 g/mol. The number of amides is 1. The van der Waals surface area contributed by atoms with Crippen molar-refractivity contribution in [1.82, 2.24) is 10.2 Å². The van der Waals surface area contributed by atoms with Crippen LogP contribution in [0, 0.1) is 11.7 Å². The Hall–Kier alpha value is -2.66. The Bertz CT molecular complexity index is 1100. The zero-order valence-corrected chi connectivity index (χ0v) is 20.0. The van der Waals surface area contributed by atoms with Gasteiger partial charge in [0.25, 0.3) is 5.60 Å². The van der Waals surface area contributed by atoms with Crippen molar-refractivity contribution in [2.45, 2.75) is 49.1 Å². The standard InChI is InChI=1S/C26H27F7N2O2/c1-23(18-6-8-20(27)9-7-18)15-35(22(36)17-10-12-34-13-11-17)14-21(23)16-2-4-19(5-3-16)24(37,25(28,29)30)26(31,32)33/h2-9,17,21,34,37H,10-15H2,1H3/t21-,23+/m0/s1. The van der Waals surface area contributed by atoms with E-state index in [-0.39, 0.29) is 24.9 Å². The molecular formula is C26H27F7N2O2. The molecule has 0 spiro atoms. The van der Waals surface area contributed by atoms with Gasteiger partial charge < -0.3 is 15.3 Å². The Morgan fingerprint density at radius 3 is 2.00 bits per heavy atom. The monoisotopic (exact) mass is 532 g/mol. The van der Waals surface area contributed by atoms with E-state index in [9.17, 15) is 40.6 Å². The number of carbonyl (C=O) groups is 1. The van der Waals surface area contributed by atoms with Crippen molar-refractivity contribution in [2.24, 2.45) is 5.92 Å². The lowest BCUT2D eigenvalue weighted by Gasteiger charge is -2.34. The van der Waals surface area contributed by atoms with Crippen LogP contribution in [0.25, 0.3) is 0 Å². The van der Waals surface area contributed by atoms with Crippen LogP contribution in [-0.4, -0.2) is 54.4 Å². The Labute approximate surface area is 209 Å². The van der Waals surface area contributed by atoms with Crippen LogP contribution >= 0.6 is 0 Å². The molecule has 2 aliphatic rings. The molecule has 2 aliphatic heterocycles. The predicted molar refractivity (Wildman–Crippen MR) is 121 cm³/mol. The lowest BCUT2D eigenvalue weighted by Crippen LogP contribution is -2.53. The van der Waals surface area contributed by atoms with E-state index in [4.69, 9.17) is 0 Å². The molecule has 2 heterocycles. The molecule has 4 nitrogen and oxygen atoms in total. The molecular weight excluding hydrogens is 505 g/mol. The van der Waals surface area contributed by atoms with Crippen molar-refractivity contribution in [3.05, 3.63) is 71.0 Å². The minimum absolute atomic E-state index is 0.0579. The number of hydrogen-bond donors (Lipinski definition) is 2. The third-order valence-corrected chi connectivity index (χ3v) is 7.75. The third-order valence-electron chi connectivity index (χ3n) is 7.75. The summed E-state index contributed by atoms with van der Waals surface area (Å²) in [6.45, 7) is 3.69. The van der Waals surface area contributed by atoms with Crippen molar-refractivity contribution in [1.29, 1.82) is 0 Å². The van der Waals surface area contributed by atoms with Gasteiger partial charge in [-0.1, -0.05) is 43.3 Å². The van der Waals surface area contributed by atoms with Gasteiger partial charge in [0.15, 0.2) is 0 Å². The van der Waals surface area contributed by atoms with E-state index in [1.165, 1.54) is 12.1 Å². The summed E-state index contributed by atoms with van der Waals surface area (Å²) in [5.41, 5.74) is -6.07. The minimum Gasteiger partial charge on any atom is -0.369 e. The van der Waals surface area contributed by atoms with Crippen molar-refractivity contribution >= 4 is 5.91 Å². The van der Waals surface area contributed by atoms with Gasteiger partial charge in [0, 0.05) is 35.9 Å². The van der Waals surface area contributed by atoms with Crippen molar-refractivity contribution < 1.29 is 40.6 Å². The summed E-state index contributed by atoms with van der Waals surface area (Å²) < 4.78 is 93.6. The van der Waals surface area contributed by atoms with Gasteiger partial charge in [0.05, 0.1) is 0 Å². The molecule has 0 unspecified atom stereocenters. The van der Waals surface area contributed by atoms with E-state index in [1.807, 2.05) is 6.92 Å². The van der Waals surface area contributed by atoms with Crippen LogP contribution in [-0.2, 0) is 15.8 Å². The molecule has 2 aromatic carbocycles. The quantitative estimate of drug-likeness (QED) is 0.544. The van der Waals surface area contributed by atoms with Crippen LogP contribution in [0.15, 0.2) is 48.5 Å². The first-order chi connectivity index (χ1) is 17.2. The van der Waals surface area contributed by atoms with E-state index >= 15 is 0 Å². The summed E-state index contributed by atoms with van der Waals surface area (Å²) in [6, 6.07) is 9.18. The first-order valence-electron chi connectivity index (χ1n) is 11.9. The molecule has 37 heavy (non-hydrogen) atoms. The molecule has 0 aliphatic carbocycles. The van der Waals surface area contributed by atoms with E-state index < -0.39 is 40.7 Å². The molecule has 0 radical (unpaired) electrons. The number of piperidine rings is 1. The van der Waals surface area contributed by atoms with Crippen LogP contribution in [0.5, 0.6) is 0 Å². The summed E-state index contributed by atoms with van der Waals surface area (Å²) in [5, 5.41) is 12.9. The van der Waals surface area contributed by atoms with E-state index in [0.29, 0.717) is 49.2 Å². The highest BCUT2D eigenvalue weighted by Crippen LogP contribution is 2.51. The van der Waals surface area contributed by atoms with Crippen LogP contribution in [0.2, 0.25) is 0 Å². The first-order valence-corrected chi connectivity index (χ1v) is 11.9. The predicted octanol–water partition coefficient (Wildman–Crippen LogP) is 5.02. The van der Waals surface area contributed by atoms with Gasteiger partial charge in [0.1, 0.15) is 5.82 Å². The van der Waals surface area contributed by atoms with Gasteiger partial charge in [0.2, 0.25) is 5.91 Å². The zero-order chi connectivity index (χ0) is 27.2. The molecule has 0 bridgehead atoms. The molecule has 2 aromatic rings. The fourth-order valence-corrected chi connectivity index (χ4v) is 5.53. The number of nitrogens with zero attached hydrogens (tertiary/aromatic N) is 1. The Morgan fingerprint density at radius 1 is 0.946 bits per heavy atom. The maximum absolute atomic E-state index is 13.6. The first kappa shape index (κ1) is 27.4. The summed E-state index contributed by atoms with van der Waals surface area (Å²) >= 11 is 0. The van der Waals surface area contributed by atoms with Gasteiger partial charge in [-0.3, -0.25) is 4.79 Å². The number of rotatable bonds is 4. The summed E-state index contributed by atoms with van der Waals surface area (Å²) in [7, 11) is 0. The molecule has 1 amide bonds. The largest absolute Gasteiger partial charge is 0.430 e. The smallest absolute Gasteiger partial charge is 0.369 e. The molecule has 2 atom stereocenters. The molecule has 202 valence electrons. The molecule has 2 N–H and O–H groups in total. The minimum atomic E-state index is -5.99. The highest BCUT2D eigenvalue weighted by Gasteiger charge is 2.71. The van der Waals surface area contributed by atoms with Crippen molar-refractivity contribution in [3.8, 4) is 0 Å². The maximum Gasteiger partial charge on any atom is 0.430 e. The third kappa shape index (κ3) is 4.83. The number of benzene rings is 2. The fourth-order valence-electron chi connectivity index (χ4n) is 5.53. The number of likely N-dealkylation sites (tertiary alicyclic amines) is 1. The SMILES string of the molecule is C[C@]1(c2ccc(F)cc2)CN(C(=O)C2CCNCC2)C[C@H]1c1ccc(C(O)(C(F)(F)F)C(F)(F)F)cc1. The van der Waals surface area contributed by atoms with Gasteiger partial charge in [-0.15, -0.1) is 0 Å². The Morgan fingerprint density at radius 2 is 1.49 bits per heavy atom. The summed E-state index contributed by atoms with van der Waals surface area (Å²) in [6.07, 6.45) is -10.6.